The fourth-order valence-corrected chi connectivity index (χ4v) is 2.21. The van der Waals surface area contributed by atoms with E-state index in [2.05, 4.69) is 21.0 Å². The Morgan fingerprint density at radius 2 is 1.84 bits per heavy atom. The third-order valence-electron chi connectivity index (χ3n) is 3.15. The average molecular weight is 253 g/mol. The SMILES string of the molecule is Cc1cc(C)c(N)c(-c2nc3nc(N)ccc3[nH]2)c1. The summed E-state index contributed by atoms with van der Waals surface area (Å²) in [5.74, 6) is 1.18. The molecule has 2 heterocycles. The molecule has 96 valence electrons. The molecule has 0 aliphatic rings. The monoisotopic (exact) mass is 253 g/mol. The van der Waals surface area contributed by atoms with Gasteiger partial charge < -0.3 is 16.5 Å². The Morgan fingerprint density at radius 3 is 2.63 bits per heavy atom. The molecule has 0 saturated heterocycles. The van der Waals surface area contributed by atoms with E-state index in [-0.39, 0.29) is 0 Å². The lowest BCUT2D eigenvalue weighted by atomic mass is 10.0. The predicted octanol–water partition coefficient (Wildman–Crippen LogP) is 2.41. The number of pyridine rings is 1. The Hall–Kier alpha value is -2.56. The van der Waals surface area contributed by atoms with E-state index in [0.717, 1.165) is 33.7 Å². The van der Waals surface area contributed by atoms with Crippen LogP contribution in [0.4, 0.5) is 11.5 Å². The molecule has 5 nitrogen and oxygen atoms in total. The van der Waals surface area contributed by atoms with Crippen LogP contribution in [0.15, 0.2) is 24.3 Å². The Kier molecular flexibility index (Phi) is 2.41. The minimum atomic E-state index is 0.457. The van der Waals surface area contributed by atoms with Crippen LogP contribution in [0.3, 0.4) is 0 Å². The zero-order chi connectivity index (χ0) is 13.6. The van der Waals surface area contributed by atoms with Gasteiger partial charge in [-0.2, -0.15) is 0 Å². The van der Waals surface area contributed by atoms with Crippen molar-refractivity contribution in [2.45, 2.75) is 13.8 Å². The molecule has 0 unspecified atom stereocenters. The smallest absolute Gasteiger partial charge is 0.180 e. The van der Waals surface area contributed by atoms with Crippen LogP contribution in [0.2, 0.25) is 0 Å². The number of aromatic nitrogens is 3. The molecule has 5 heteroatoms. The Labute approximate surface area is 110 Å². The number of aromatic amines is 1. The quantitative estimate of drug-likeness (QED) is 0.580. The molecule has 0 amide bonds. The van der Waals surface area contributed by atoms with E-state index in [0.29, 0.717) is 11.5 Å². The van der Waals surface area contributed by atoms with Gasteiger partial charge in [0.2, 0.25) is 0 Å². The van der Waals surface area contributed by atoms with Gasteiger partial charge in [-0.3, -0.25) is 0 Å². The minimum Gasteiger partial charge on any atom is -0.398 e. The summed E-state index contributed by atoms with van der Waals surface area (Å²) in [5, 5.41) is 0. The van der Waals surface area contributed by atoms with Crippen molar-refractivity contribution in [1.29, 1.82) is 0 Å². The Balaban J connectivity index is 2.24. The van der Waals surface area contributed by atoms with Crippen LogP contribution in [0.25, 0.3) is 22.6 Å². The molecule has 0 radical (unpaired) electrons. The third kappa shape index (κ3) is 1.89. The van der Waals surface area contributed by atoms with E-state index in [1.807, 2.05) is 26.0 Å². The summed E-state index contributed by atoms with van der Waals surface area (Å²) in [6.45, 7) is 4.03. The largest absolute Gasteiger partial charge is 0.398 e. The highest BCUT2D eigenvalue weighted by Gasteiger charge is 2.11. The topological polar surface area (TPSA) is 93.6 Å². The Morgan fingerprint density at radius 1 is 1.05 bits per heavy atom. The minimum absolute atomic E-state index is 0.457. The molecule has 0 atom stereocenters. The van der Waals surface area contributed by atoms with Crippen molar-refractivity contribution in [3.05, 3.63) is 35.4 Å². The molecule has 3 rings (SSSR count). The van der Waals surface area contributed by atoms with E-state index in [1.165, 1.54) is 0 Å². The van der Waals surface area contributed by atoms with Crippen molar-refractivity contribution in [2.75, 3.05) is 11.5 Å². The maximum Gasteiger partial charge on any atom is 0.180 e. The second-order valence-electron chi connectivity index (χ2n) is 4.74. The van der Waals surface area contributed by atoms with E-state index in [4.69, 9.17) is 11.5 Å². The van der Waals surface area contributed by atoms with Crippen LogP contribution in [0, 0.1) is 13.8 Å². The van der Waals surface area contributed by atoms with E-state index in [1.54, 1.807) is 6.07 Å². The first-order valence-electron chi connectivity index (χ1n) is 6.04. The summed E-state index contributed by atoms with van der Waals surface area (Å²) in [4.78, 5) is 11.9. The molecule has 1 aromatic carbocycles. The molecule has 5 N–H and O–H groups in total. The second kappa shape index (κ2) is 3.98. The van der Waals surface area contributed by atoms with Crippen LogP contribution < -0.4 is 11.5 Å². The summed E-state index contributed by atoms with van der Waals surface area (Å²) in [5.41, 5.74) is 17.1. The number of aryl methyl sites for hydroxylation is 2. The first-order valence-corrected chi connectivity index (χ1v) is 6.04. The molecule has 19 heavy (non-hydrogen) atoms. The first kappa shape index (κ1) is 11.5. The molecule has 2 aromatic heterocycles. The first-order chi connectivity index (χ1) is 9.04. The summed E-state index contributed by atoms with van der Waals surface area (Å²) in [7, 11) is 0. The van der Waals surface area contributed by atoms with Crippen LogP contribution in [0.5, 0.6) is 0 Å². The summed E-state index contributed by atoms with van der Waals surface area (Å²) < 4.78 is 0. The maximum atomic E-state index is 6.13. The van der Waals surface area contributed by atoms with Gasteiger partial charge in [0.25, 0.3) is 0 Å². The number of hydrogen-bond donors (Lipinski definition) is 3. The van der Waals surface area contributed by atoms with Crippen molar-refractivity contribution in [3.8, 4) is 11.4 Å². The lowest BCUT2D eigenvalue weighted by Gasteiger charge is -2.07. The van der Waals surface area contributed by atoms with Gasteiger partial charge in [-0.1, -0.05) is 6.07 Å². The van der Waals surface area contributed by atoms with Gasteiger partial charge in [0.15, 0.2) is 5.65 Å². The molecule has 0 aliphatic heterocycles. The molecule has 0 aliphatic carbocycles. The number of nitrogens with zero attached hydrogens (tertiary/aromatic N) is 2. The highest BCUT2D eigenvalue weighted by Crippen LogP contribution is 2.29. The van der Waals surface area contributed by atoms with E-state index in [9.17, 15) is 0 Å². The van der Waals surface area contributed by atoms with Crippen LogP contribution in [-0.4, -0.2) is 15.0 Å². The fraction of sp³-hybridized carbons (Fsp3) is 0.143. The number of nitrogen functional groups attached to an aromatic ring is 2. The van der Waals surface area contributed by atoms with Gasteiger partial charge in [0.05, 0.1) is 5.52 Å². The number of anilines is 2. The standard InChI is InChI=1S/C14H15N5/c1-7-5-8(2)12(16)9(6-7)13-17-10-3-4-11(15)18-14(10)19-13/h3-6H,16H2,1-2H3,(H3,15,17,18,19). The highest BCUT2D eigenvalue weighted by molar-refractivity contribution is 5.82. The molecule has 0 saturated carbocycles. The molecule has 0 spiro atoms. The van der Waals surface area contributed by atoms with Gasteiger partial charge >= 0.3 is 0 Å². The summed E-state index contributed by atoms with van der Waals surface area (Å²) in [6, 6.07) is 7.68. The fourth-order valence-electron chi connectivity index (χ4n) is 2.21. The van der Waals surface area contributed by atoms with Crippen molar-refractivity contribution in [1.82, 2.24) is 15.0 Å². The van der Waals surface area contributed by atoms with Gasteiger partial charge in [-0.05, 0) is 43.2 Å². The average Bonchev–Trinajstić information content (AvgIpc) is 2.76. The number of imidazole rings is 1. The van der Waals surface area contributed by atoms with Crippen molar-refractivity contribution >= 4 is 22.7 Å². The number of H-pyrrole nitrogens is 1. The predicted molar refractivity (Wildman–Crippen MR) is 77.6 cm³/mol. The number of benzene rings is 1. The van der Waals surface area contributed by atoms with Gasteiger partial charge in [0, 0.05) is 11.3 Å². The number of nitrogens with one attached hydrogen (secondary N) is 1. The zero-order valence-electron chi connectivity index (χ0n) is 10.9. The second-order valence-corrected chi connectivity index (χ2v) is 4.74. The maximum absolute atomic E-state index is 6.13. The lowest BCUT2D eigenvalue weighted by Crippen LogP contribution is -1.96. The van der Waals surface area contributed by atoms with Crippen LogP contribution >= 0.6 is 0 Å². The van der Waals surface area contributed by atoms with Gasteiger partial charge in [-0.15, -0.1) is 0 Å². The summed E-state index contributed by atoms with van der Waals surface area (Å²) in [6.07, 6.45) is 0. The number of nitrogens with two attached hydrogens (primary N) is 2. The Bertz CT molecular complexity index is 773. The van der Waals surface area contributed by atoms with Crippen LogP contribution in [0.1, 0.15) is 11.1 Å². The number of fused-ring (bicyclic) bond motifs is 1. The lowest BCUT2D eigenvalue weighted by molar-refractivity contribution is 1.29. The summed E-state index contributed by atoms with van der Waals surface area (Å²) >= 11 is 0. The van der Waals surface area contributed by atoms with Gasteiger partial charge in [0.1, 0.15) is 11.6 Å². The molecule has 0 fully saturated rings. The van der Waals surface area contributed by atoms with Gasteiger partial charge in [-0.25, -0.2) is 9.97 Å². The van der Waals surface area contributed by atoms with E-state index >= 15 is 0 Å². The number of rotatable bonds is 1. The van der Waals surface area contributed by atoms with E-state index < -0.39 is 0 Å². The normalized spacial score (nSPS) is 11.1. The van der Waals surface area contributed by atoms with Crippen molar-refractivity contribution in [3.63, 3.8) is 0 Å². The molecule has 0 bridgehead atoms. The van der Waals surface area contributed by atoms with Crippen molar-refractivity contribution in [2.24, 2.45) is 0 Å². The third-order valence-corrected chi connectivity index (χ3v) is 3.15. The highest BCUT2D eigenvalue weighted by atomic mass is 15.0. The number of hydrogen-bond acceptors (Lipinski definition) is 4. The molecule has 3 aromatic rings. The molecular weight excluding hydrogens is 238 g/mol. The van der Waals surface area contributed by atoms with Crippen molar-refractivity contribution < 1.29 is 0 Å². The van der Waals surface area contributed by atoms with Crippen LogP contribution in [-0.2, 0) is 0 Å². The zero-order valence-corrected chi connectivity index (χ0v) is 10.9. The molecular formula is C14H15N5.